The van der Waals surface area contributed by atoms with Crippen LogP contribution in [0.1, 0.15) is 56.1 Å². The first-order valence-corrected chi connectivity index (χ1v) is 13.4. The van der Waals surface area contributed by atoms with E-state index >= 15 is 0 Å². The molecule has 0 fully saturated rings. The van der Waals surface area contributed by atoms with E-state index in [1.54, 1.807) is 42.5 Å². The van der Waals surface area contributed by atoms with Crippen molar-refractivity contribution >= 4 is 17.6 Å². The number of halogens is 1. The summed E-state index contributed by atoms with van der Waals surface area (Å²) < 4.78 is 22.5. The van der Waals surface area contributed by atoms with Crippen LogP contribution in [0.5, 0.6) is 23.0 Å². The van der Waals surface area contributed by atoms with Gasteiger partial charge in [0.15, 0.2) is 6.61 Å². The summed E-state index contributed by atoms with van der Waals surface area (Å²) >= 11 is 5.87. The molecule has 0 spiro atoms. The highest BCUT2D eigenvalue weighted by atomic mass is 35.5. The number of allylic oxidation sites excluding steroid dienone is 1. The second-order valence-electron chi connectivity index (χ2n) is 9.17. The molecule has 8 heteroatoms. The quantitative estimate of drug-likeness (QED) is 0.150. The number of nitriles is 1. The summed E-state index contributed by atoms with van der Waals surface area (Å²) in [4.78, 5) is 12.3. The number of esters is 1. The molecule has 4 rings (SSSR count). The van der Waals surface area contributed by atoms with E-state index in [2.05, 4.69) is 13.0 Å². The number of rotatable bonds is 12. The first kappa shape index (κ1) is 27.9. The van der Waals surface area contributed by atoms with Crippen molar-refractivity contribution in [1.82, 2.24) is 0 Å². The van der Waals surface area contributed by atoms with Crippen LogP contribution in [-0.4, -0.2) is 19.2 Å². The van der Waals surface area contributed by atoms with Gasteiger partial charge in [-0.25, -0.2) is 4.79 Å². The van der Waals surface area contributed by atoms with Crippen molar-refractivity contribution in [2.24, 2.45) is 5.73 Å². The predicted octanol–water partition coefficient (Wildman–Crippen LogP) is 6.89. The van der Waals surface area contributed by atoms with E-state index in [0.717, 1.165) is 29.7 Å². The van der Waals surface area contributed by atoms with Crippen LogP contribution in [0.25, 0.3) is 0 Å². The molecule has 1 aliphatic heterocycles. The zero-order valence-electron chi connectivity index (χ0n) is 21.8. The standard InChI is InChI=1S/C31H31ClN2O5/c1-2-3-4-5-6-17-36-23-11-7-21(8-12-23)30-26-16-15-25(18-28(26)39-31(34)27(30)19-33)38-29(35)20-37-24-13-9-22(32)10-14-24/h7-16,18,30H,2-6,17,20,34H2,1H3. The molecule has 3 aromatic carbocycles. The minimum atomic E-state index is -0.584. The topological polar surface area (TPSA) is 104 Å². The molecule has 0 radical (unpaired) electrons. The third-order valence-electron chi connectivity index (χ3n) is 6.32. The molecule has 0 saturated heterocycles. The molecule has 0 amide bonds. The number of unbranched alkanes of at least 4 members (excludes halogenated alkanes) is 4. The normalized spacial score (nSPS) is 14.1. The summed E-state index contributed by atoms with van der Waals surface area (Å²) in [6.07, 6.45) is 5.88. The Hall–Kier alpha value is -4.15. The average molecular weight is 547 g/mol. The number of fused-ring (bicyclic) bond motifs is 1. The number of hydrogen-bond donors (Lipinski definition) is 1. The van der Waals surface area contributed by atoms with Crippen molar-refractivity contribution in [3.8, 4) is 29.1 Å². The Bertz CT molecular complexity index is 1350. The van der Waals surface area contributed by atoms with E-state index in [4.69, 9.17) is 36.3 Å². The van der Waals surface area contributed by atoms with Crippen molar-refractivity contribution in [1.29, 1.82) is 5.26 Å². The molecule has 7 nitrogen and oxygen atoms in total. The van der Waals surface area contributed by atoms with E-state index in [-0.39, 0.29) is 18.2 Å². The molecular formula is C31H31ClN2O5. The van der Waals surface area contributed by atoms with Gasteiger partial charge in [-0.1, -0.05) is 62.4 Å². The Labute approximate surface area is 233 Å². The number of nitrogens with two attached hydrogens (primary N) is 1. The maximum absolute atomic E-state index is 12.3. The van der Waals surface area contributed by atoms with Crippen molar-refractivity contribution in [3.05, 3.63) is 94.3 Å². The zero-order chi connectivity index (χ0) is 27.6. The Morgan fingerprint density at radius 2 is 1.62 bits per heavy atom. The Balaban J connectivity index is 1.43. The lowest BCUT2D eigenvalue weighted by Gasteiger charge is -2.26. The minimum absolute atomic E-state index is 0.0111. The second-order valence-corrected chi connectivity index (χ2v) is 9.61. The smallest absolute Gasteiger partial charge is 0.349 e. The van der Waals surface area contributed by atoms with Crippen LogP contribution in [0.4, 0.5) is 0 Å². The van der Waals surface area contributed by atoms with Gasteiger partial charge in [0.2, 0.25) is 5.88 Å². The van der Waals surface area contributed by atoms with E-state index < -0.39 is 11.9 Å². The van der Waals surface area contributed by atoms with Crippen LogP contribution in [0, 0.1) is 11.3 Å². The summed E-state index contributed by atoms with van der Waals surface area (Å²) in [7, 11) is 0. The van der Waals surface area contributed by atoms with Gasteiger partial charge in [0.1, 0.15) is 34.6 Å². The number of carbonyl (C=O) groups is 1. The van der Waals surface area contributed by atoms with Gasteiger partial charge in [-0.15, -0.1) is 0 Å². The third-order valence-corrected chi connectivity index (χ3v) is 6.57. The lowest BCUT2D eigenvalue weighted by Crippen LogP contribution is -2.21. The molecule has 0 aliphatic carbocycles. The van der Waals surface area contributed by atoms with Gasteiger partial charge in [0, 0.05) is 16.7 Å². The Morgan fingerprint density at radius 1 is 0.949 bits per heavy atom. The van der Waals surface area contributed by atoms with E-state index in [9.17, 15) is 10.1 Å². The van der Waals surface area contributed by atoms with Crippen LogP contribution in [0.15, 0.2) is 78.2 Å². The molecular weight excluding hydrogens is 516 g/mol. The van der Waals surface area contributed by atoms with Gasteiger partial charge in [0.25, 0.3) is 0 Å². The molecule has 2 N–H and O–H groups in total. The van der Waals surface area contributed by atoms with Crippen molar-refractivity contribution < 1.29 is 23.7 Å². The fourth-order valence-corrected chi connectivity index (χ4v) is 4.45. The van der Waals surface area contributed by atoms with E-state index in [1.165, 1.54) is 19.3 Å². The minimum Gasteiger partial charge on any atom is -0.494 e. The van der Waals surface area contributed by atoms with E-state index in [0.29, 0.717) is 28.7 Å². The summed E-state index contributed by atoms with van der Waals surface area (Å²) in [5, 5.41) is 10.4. The Kier molecular flexibility index (Phi) is 9.71. The second kappa shape index (κ2) is 13.6. The van der Waals surface area contributed by atoms with Gasteiger partial charge in [-0.2, -0.15) is 5.26 Å². The first-order chi connectivity index (χ1) is 19.0. The number of hydrogen-bond acceptors (Lipinski definition) is 7. The van der Waals surface area contributed by atoms with Crippen LogP contribution in [0.3, 0.4) is 0 Å². The highest BCUT2D eigenvalue weighted by Gasteiger charge is 2.31. The number of nitrogens with zero attached hydrogens (tertiary/aromatic N) is 1. The van der Waals surface area contributed by atoms with Crippen LogP contribution in [0.2, 0.25) is 5.02 Å². The molecule has 0 aromatic heterocycles. The highest BCUT2D eigenvalue weighted by molar-refractivity contribution is 6.30. The average Bonchev–Trinajstić information content (AvgIpc) is 2.94. The fraction of sp³-hybridized carbons (Fsp3) is 0.290. The number of ether oxygens (including phenoxy) is 4. The van der Waals surface area contributed by atoms with Gasteiger partial charge in [-0.3, -0.25) is 0 Å². The largest absolute Gasteiger partial charge is 0.494 e. The van der Waals surface area contributed by atoms with Gasteiger partial charge >= 0.3 is 5.97 Å². The molecule has 1 atom stereocenters. The maximum Gasteiger partial charge on any atom is 0.349 e. The van der Waals surface area contributed by atoms with Crippen molar-refractivity contribution in [2.75, 3.05) is 13.2 Å². The third kappa shape index (κ3) is 7.46. The fourth-order valence-electron chi connectivity index (χ4n) is 4.33. The van der Waals surface area contributed by atoms with Crippen LogP contribution >= 0.6 is 11.6 Å². The monoisotopic (exact) mass is 546 g/mol. The first-order valence-electron chi connectivity index (χ1n) is 13.0. The van der Waals surface area contributed by atoms with Gasteiger partial charge < -0.3 is 24.7 Å². The van der Waals surface area contributed by atoms with Crippen LogP contribution < -0.4 is 24.7 Å². The molecule has 1 heterocycles. The summed E-state index contributed by atoms with van der Waals surface area (Å²) in [6, 6.07) is 21.5. The van der Waals surface area contributed by atoms with E-state index in [1.807, 2.05) is 24.3 Å². The molecule has 0 saturated carbocycles. The summed E-state index contributed by atoms with van der Waals surface area (Å²) in [6.45, 7) is 2.59. The molecule has 39 heavy (non-hydrogen) atoms. The zero-order valence-corrected chi connectivity index (χ0v) is 22.6. The molecule has 1 unspecified atom stereocenters. The summed E-state index contributed by atoms with van der Waals surface area (Å²) in [5.41, 5.74) is 8.05. The highest BCUT2D eigenvalue weighted by Crippen LogP contribution is 2.43. The maximum atomic E-state index is 12.3. The van der Waals surface area contributed by atoms with Gasteiger partial charge in [-0.05, 0) is 54.4 Å². The van der Waals surface area contributed by atoms with Crippen molar-refractivity contribution in [2.45, 2.75) is 44.9 Å². The van der Waals surface area contributed by atoms with Crippen molar-refractivity contribution in [3.63, 3.8) is 0 Å². The van der Waals surface area contributed by atoms with Gasteiger partial charge in [0.05, 0.1) is 12.5 Å². The van der Waals surface area contributed by atoms with Crippen LogP contribution in [-0.2, 0) is 4.79 Å². The number of benzene rings is 3. The Morgan fingerprint density at radius 3 is 2.33 bits per heavy atom. The molecule has 0 bridgehead atoms. The summed E-state index contributed by atoms with van der Waals surface area (Å²) in [5.74, 6) is 0.954. The molecule has 1 aliphatic rings. The SMILES string of the molecule is CCCCCCCOc1ccc(C2C(C#N)=C(N)Oc3cc(OC(=O)COc4ccc(Cl)cc4)ccc32)cc1. The number of carbonyl (C=O) groups excluding carboxylic acids is 1. The lowest BCUT2D eigenvalue weighted by molar-refractivity contribution is -0.136. The molecule has 3 aromatic rings. The predicted molar refractivity (Wildman–Crippen MR) is 149 cm³/mol. The lowest BCUT2D eigenvalue weighted by atomic mass is 9.83. The molecule has 202 valence electrons.